The molecular weight excluding hydrogens is 356 g/mol. The predicted molar refractivity (Wildman–Crippen MR) is 124 cm³/mol. The van der Waals surface area contributed by atoms with Gasteiger partial charge in [0.05, 0.1) is 18.3 Å². The molecule has 2 aliphatic rings. The molecule has 1 aromatic carbocycles. The van der Waals surface area contributed by atoms with Crippen LogP contribution in [0.4, 0.5) is 0 Å². The van der Waals surface area contributed by atoms with E-state index in [1.54, 1.807) is 0 Å². The summed E-state index contributed by atoms with van der Waals surface area (Å²) in [6.07, 6.45) is 12.3. The van der Waals surface area contributed by atoms with Crippen molar-refractivity contribution in [2.75, 3.05) is 6.54 Å². The van der Waals surface area contributed by atoms with Crippen molar-refractivity contribution in [3.8, 4) is 5.75 Å². The molecule has 1 heterocycles. The first kappa shape index (κ1) is 21.8. The van der Waals surface area contributed by atoms with Crippen LogP contribution in [0.3, 0.4) is 0 Å². The number of aromatic hydroxyl groups is 1. The van der Waals surface area contributed by atoms with Crippen molar-refractivity contribution < 1.29 is 5.11 Å². The van der Waals surface area contributed by atoms with E-state index in [1.807, 2.05) is 6.08 Å². The molecule has 2 atom stereocenters. The van der Waals surface area contributed by atoms with Gasteiger partial charge in [-0.25, -0.2) is 0 Å². The molecule has 1 aliphatic heterocycles. The summed E-state index contributed by atoms with van der Waals surface area (Å²) in [6, 6.07) is 5.06. The van der Waals surface area contributed by atoms with E-state index < -0.39 is 0 Å². The summed E-state index contributed by atoms with van der Waals surface area (Å²) in [6.45, 7) is 14.3. The number of benzene rings is 1. The van der Waals surface area contributed by atoms with Crippen LogP contribution in [0.15, 0.2) is 41.4 Å². The van der Waals surface area contributed by atoms with E-state index >= 15 is 0 Å². The summed E-state index contributed by atoms with van der Waals surface area (Å²) in [4.78, 5) is 4.76. The van der Waals surface area contributed by atoms with Crippen LogP contribution >= 0.6 is 0 Å². The molecule has 1 aliphatic carbocycles. The lowest BCUT2D eigenvalue weighted by atomic mass is 9.75. The smallest absolute Gasteiger partial charge is 0.122 e. The van der Waals surface area contributed by atoms with Gasteiger partial charge in [-0.15, -0.1) is 0 Å². The molecule has 0 amide bonds. The molecule has 2 N–H and O–H groups in total. The second kappa shape index (κ2) is 8.47. The monoisotopic (exact) mass is 394 g/mol. The Bertz CT molecular complexity index is 829. The van der Waals surface area contributed by atoms with Gasteiger partial charge in [-0.2, -0.15) is 0 Å². The molecule has 3 rings (SSSR count). The van der Waals surface area contributed by atoms with Crippen molar-refractivity contribution in [2.45, 2.75) is 90.1 Å². The zero-order valence-electron chi connectivity index (χ0n) is 19.0. The average molecular weight is 395 g/mol. The lowest BCUT2D eigenvalue weighted by Gasteiger charge is -2.32. The third-order valence-electron chi connectivity index (χ3n) is 7.14. The third kappa shape index (κ3) is 4.66. The number of nitrogens with zero attached hydrogens (tertiary/aromatic N) is 1. The quantitative estimate of drug-likeness (QED) is 0.631. The van der Waals surface area contributed by atoms with Gasteiger partial charge in [-0.05, 0) is 53.7 Å². The number of rotatable bonds is 7. The maximum absolute atomic E-state index is 11.2. The number of hydrogen-bond acceptors (Lipinski definition) is 3. The van der Waals surface area contributed by atoms with Gasteiger partial charge >= 0.3 is 0 Å². The van der Waals surface area contributed by atoms with Crippen LogP contribution in [0.25, 0.3) is 0 Å². The van der Waals surface area contributed by atoms with E-state index in [-0.39, 0.29) is 16.9 Å². The van der Waals surface area contributed by atoms with Crippen molar-refractivity contribution in [3.05, 3.63) is 53.1 Å². The first-order valence-corrected chi connectivity index (χ1v) is 11.2. The van der Waals surface area contributed by atoms with Gasteiger partial charge in [0.1, 0.15) is 5.75 Å². The van der Waals surface area contributed by atoms with Crippen LogP contribution < -0.4 is 5.32 Å². The summed E-state index contributed by atoms with van der Waals surface area (Å²) in [5, 5.41) is 14.9. The van der Waals surface area contributed by atoms with E-state index in [0.29, 0.717) is 11.8 Å². The van der Waals surface area contributed by atoms with E-state index in [0.717, 1.165) is 49.1 Å². The zero-order valence-corrected chi connectivity index (χ0v) is 19.0. The number of fused-ring (bicyclic) bond motifs is 1. The Morgan fingerprint density at radius 3 is 2.48 bits per heavy atom. The minimum atomic E-state index is -0.0415. The highest BCUT2D eigenvalue weighted by Gasteiger charge is 2.29. The van der Waals surface area contributed by atoms with Gasteiger partial charge in [-0.3, -0.25) is 4.99 Å². The van der Waals surface area contributed by atoms with E-state index in [4.69, 9.17) is 4.99 Å². The topological polar surface area (TPSA) is 44.6 Å². The Morgan fingerprint density at radius 1 is 1.07 bits per heavy atom. The van der Waals surface area contributed by atoms with Gasteiger partial charge in [-0.1, -0.05) is 71.9 Å². The molecule has 0 aromatic heterocycles. The molecule has 3 heteroatoms. The van der Waals surface area contributed by atoms with Crippen molar-refractivity contribution in [3.63, 3.8) is 0 Å². The van der Waals surface area contributed by atoms with E-state index in [9.17, 15) is 5.11 Å². The van der Waals surface area contributed by atoms with Gasteiger partial charge in [0.2, 0.25) is 0 Å². The first-order chi connectivity index (χ1) is 13.7. The van der Waals surface area contributed by atoms with Crippen LogP contribution in [0, 0.1) is 0 Å². The fourth-order valence-electron chi connectivity index (χ4n) is 4.04. The second-order valence-electron chi connectivity index (χ2n) is 9.90. The van der Waals surface area contributed by atoms with Crippen LogP contribution in [0.2, 0.25) is 0 Å². The van der Waals surface area contributed by atoms with E-state index in [2.05, 4.69) is 77.2 Å². The first-order valence-electron chi connectivity index (χ1n) is 11.2. The predicted octanol–water partition coefficient (Wildman–Crippen LogP) is 5.61. The minimum Gasteiger partial charge on any atom is -0.507 e. The van der Waals surface area contributed by atoms with Crippen LogP contribution in [-0.4, -0.2) is 29.4 Å². The second-order valence-corrected chi connectivity index (χ2v) is 9.90. The Labute approximate surface area is 177 Å². The molecule has 29 heavy (non-hydrogen) atoms. The number of phenolic OH excluding ortho intramolecular Hbond substituents is 1. The molecule has 0 saturated carbocycles. The van der Waals surface area contributed by atoms with Crippen molar-refractivity contribution in [1.82, 2.24) is 5.32 Å². The lowest BCUT2D eigenvalue weighted by molar-refractivity contribution is 0.414. The highest BCUT2D eigenvalue weighted by atomic mass is 16.3. The molecule has 1 aromatic rings. The Hall–Kier alpha value is -1.87. The summed E-state index contributed by atoms with van der Waals surface area (Å²) >= 11 is 0. The number of nitrogens with one attached hydrogen (secondary N) is 1. The fourth-order valence-corrected chi connectivity index (χ4v) is 4.04. The Balaban J connectivity index is 1.85. The van der Waals surface area contributed by atoms with Crippen molar-refractivity contribution >= 4 is 5.71 Å². The standard InChI is InChI=1S/C26H38N2O/c1-7-25(3,4)19-15-18(24(29)21(16-19)26(5,6)8-2)13-14-20-17-27-22-11-9-10-12-23(22)28-20/h9-12,15-16,20,23,28-29H,7-8,13-14,17H2,1-6H3. The largest absolute Gasteiger partial charge is 0.507 e. The lowest BCUT2D eigenvalue weighted by Crippen LogP contribution is -2.47. The molecule has 0 bridgehead atoms. The van der Waals surface area contributed by atoms with Crippen molar-refractivity contribution in [2.24, 2.45) is 4.99 Å². The summed E-state index contributed by atoms with van der Waals surface area (Å²) < 4.78 is 0. The van der Waals surface area contributed by atoms with Gasteiger partial charge in [0.25, 0.3) is 0 Å². The van der Waals surface area contributed by atoms with Gasteiger partial charge in [0, 0.05) is 11.6 Å². The highest BCUT2D eigenvalue weighted by Crippen LogP contribution is 2.40. The molecular formula is C26H38N2O. The Morgan fingerprint density at radius 2 is 1.79 bits per heavy atom. The molecule has 158 valence electrons. The molecule has 0 fully saturated rings. The van der Waals surface area contributed by atoms with Crippen LogP contribution in [-0.2, 0) is 17.3 Å². The number of allylic oxidation sites excluding steroid dienone is 2. The number of aliphatic imine (C=N–C) groups is 1. The van der Waals surface area contributed by atoms with Gasteiger partial charge in [0.15, 0.2) is 0 Å². The minimum absolute atomic E-state index is 0.0415. The average Bonchev–Trinajstić information content (AvgIpc) is 2.72. The molecule has 0 radical (unpaired) electrons. The van der Waals surface area contributed by atoms with E-state index in [1.165, 1.54) is 5.56 Å². The maximum Gasteiger partial charge on any atom is 0.122 e. The third-order valence-corrected chi connectivity index (χ3v) is 7.14. The van der Waals surface area contributed by atoms with Gasteiger partial charge < -0.3 is 10.4 Å². The molecule has 2 unspecified atom stereocenters. The molecule has 0 saturated heterocycles. The fraction of sp³-hybridized carbons (Fsp3) is 0.577. The van der Waals surface area contributed by atoms with Crippen molar-refractivity contribution in [1.29, 1.82) is 0 Å². The Kier molecular flexibility index (Phi) is 6.38. The number of aryl methyl sites for hydroxylation is 1. The summed E-state index contributed by atoms with van der Waals surface area (Å²) in [7, 11) is 0. The van der Waals surface area contributed by atoms with Crippen LogP contribution in [0.5, 0.6) is 5.75 Å². The highest BCUT2D eigenvalue weighted by molar-refractivity contribution is 6.02. The SMILES string of the molecule is CCC(C)(C)c1cc(CCC2CN=C3C=CC=CC3N2)c(O)c(C(C)(C)CC)c1. The zero-order chi connectivity index (χ0) is 21.2. The maximum atomic E-state index is 11.2. The van der Waals surface area contributed by atoms with Crippen LogP contribution in [0.1, 0.15) is 77.5 Å². The number of phenols is 1. The molecule has 0 spiro atoms. The molecule has 3 nitrogen and oxygen atoms in total. The number of hydrogen-bond donors (Lipinski definition) is 2. The normalized spacial score (nSPS) is 21.8. The summed E-state index contributed by atoms with van der Waals surface area (Å²) in [5.74, 6) is 0.494. The summed E-state index contributed by atoms with van der Waals surface area (Å²) in [5.41, 5.74) is 4.69.